The van der Waals surface area contributed by atoms with Crippen LogP contribution >= 0.6 is 0 Å². The summed E-state index contributed by atoms with van der Waals surface area (Å²) in [6, 6.07) is 14.5. The maximum atomic E-state index is 13.1. The van der Waals surface area contributed by atoms with Crippen LogP contribution in [0.25, 0.3) is 5.69 Å². The van der Waals surface area contributed by atoms with Gasteiger partial charge in [-0.15, -0.1) is 0 Å². The quantitative estimate of drug-likeness (QED) is 0.607. The number of aryl methyl sites for hydroxylation is 2. The highest BCUT2D eigenvalue weighted by Gasteiger charge is 2.36. The number of benzene rings is 2. The van der Waals surface area contributed by atoms with Gasteiger partial charge in [0, 0.05) is 43.7 Å². The number of rotatable bonds is 4. The molecule has 1 aromatic heterocycles. The number of ether oxygens (including phenoxy) is 1. The fraction of sp³-hybridized carbons (Fsp3) is 0.423. The van der Waals surface area contributed by atoms with E-state index in [1.807, 2.05) is 27.8 Å². The maximum Gasteiger partial charge on any atom is 0.227 e. The van der Waals surface area contributed by atoms with Gasteiger partial charge in [0.2, 0.25) is 5.91 Å². The molecule has 1 amide bonds. The van der Waals surface area contributed by atoms with Crippen LogP contribution < -0.4 is 4.90 Å². The number of nitrogens with zero attached hydrogens (tertiary/aromatic N) is 4. The van der Waals surface area contributed by atoms with E-state index in [1.54, 1.807) is 0 Å². The molecule has 2 saturated heterocycles. The van der Waals surface area contributed by atoms with Gasteiger partial charge in [-0.25, -0.2) is 9.67 Å². The van der Waals surface area contributed by atoms with Crippen LogP contribution in [-0.4, -0.2) is 40.4 Å². The topological polar surface area (TPSA) is 60.2 Å². The molecule has 0 radical (unpaired) electrons. The molecule has 32 heavy (non-hydrogen) atoms. The fourth-order valence-electron chi connectivity index (χ4n) is 4.82. The Hall–Kier alpha value is -2.99. The molecular weight excluding hydrogens is 400 g/mol. The van der Waals surface area contributed by atoms with Gasteiger partial charge in [-0.1, -0.05) is 24.3 Å². The largest absolute Gasteiger partial charge is 0.381 e. The molecule has 2 aliphatic heterocycles. The SMILES string of the molecule is Cc1cccc(-n2nc(C3CCOCC3)nc2C2CC(=O)N(c3cccc(C)c3C)C2)c1. The molecule has 1 unspecified atom stereocenters. The van der Waals surface area contributed by atoms with E-state index in [-0.39, 0.29) is 11.8 Å². The first-order valence-electron chi connectivity index (χ1n) is 11.5. The Morgan fingerprint density at radius 2 is 1.78 bits per heavy atom. The molecule has 0 bridgehead atoms. The Balaban J connectivity index is 1.52. The van der Waals surface area contributed by atoms with Crippen LogP contribution in [0.1, 0.15) is 59.4 Å². The normalized spacial score (nSPS) is 19.7. The van der Waals surface area contributed by atoms with Crippen LogP contribution in [0.4, 0.5) is 5.69 Å². The van der Waals surface area contributed by atoms with Crippen molar-refractivity contribution in [3.63, 3.8) is 0 Å². The lowest BCUT2D eigenvalue weighted by Gasteiger charge is -2.20. The van der Waals surface area contributed by atoms with Crippen molar-refractivity contribution in [2.24, 2.45) is 0 Å². The summed E-state index contributed by atoms with van der Waals surface area (Å²) in [4.78, 5) is 20.1. The second kappa shape index (κ2) is 8.51. The summed E-state index contributed by atoms with van der Waals surface area (Å²) in [5, 5.41) is 4.96. The first kappa shape index (κ1) is 20.9. The zero-order chi connectivity index (χ0) is 22.2. The van der Waals surface area contributed by atoms with Gasteiger partial charge in [-0.05, 0) is 68.5 Å². The standard InChI is InChI=1S/C26H30N4O2/c1-17-6-4-8-22(14-17)30-26(27-25(28-30)20-10-12-32-13-11-20)21-15-24(31)29(16-21)23-9-5-7-18(2)19(23)3/h4-9,14,20-21H,10-13,15-16H2,1-3H3. The van der Waals surface area contributed by atoms with E-state index in [0.29, 0.717) is 18.9 Å². The van der Waals surface area contributed by atoms with Gasteiger partial charge in [0.05, 0.1) is 5.69 Å². The van der Waals surface area contributed by atoms with Crippen LogP contribution in [0.5, 0.6) is 0 Å². The van der Waals surface area contributed by atoms with E-state index in [2.05, 4.69) is 45.0 Å². The molecule has 2 fully saturated rings. The third-order valence-corrected chi connectivity index (χ3v) is 6.84. The molecule has 6 heteroatoms. The molecule has 0 N–H and O–H groups in total. The smallest absolute Gasteiger partial charge is 0.227 e. The zero-order valence-electron chi connectivity index (χ0n) is 19.0. The van der Waals surface area contributed by atoms with Crippen molar-refractivity contribution in [1.29, 1.82) is 0 Å². The minimum absolute atomic E-state index is 0.00372. The number of carbonyl (C=O) groups excluding carboxylic acids is 1. The highest BCUT2D eigenvalue weighted by atomic mass is 16.5. The molecule has 1 atom stereocenters. The molecule has 6 nitrogen and oxygen atoms in total. The van der Waals surface area contributed by atoms with Crippen molar-refractivity contribution in [3.8, 4) is 5.69 Å². The van der Waals surface area contributed by atoms with Gasteiger partial charge >= 0.3 is 0 Å². The summed E-state index contributed by atoms with van der Waals surface area (Å²) < 4.78 is 7.52. The molecule has 3 heterocycles. The van der Waals surface area contributed by atoms with E-state index < -0.39 is 0 Å². The highest BCUT2D eigenvalue weighted by molar-refractivity contribution is 5.97. The summed E-state index contributed by atoms with van der Waals surface area (Å²) in [6.07, 6.45) is 2.33. The lowest BCUT2D eigenvalue weighted by molar-refractivity contribution is -0.117. The lowest BCUT2D eigenvalue weighted by atomic mass is 10.00. The number of carbonyl (C=O) groups is 1. The zero-order valence-corrected chi connectivity index (χ0v) is 19.0. The Labute approximate surface area is 189 Å². The third-order valence-electron chi connectivity index (χ3n) is 6.84. The van der Waals surface area contributed by atoms with Crippen LogP contribution in [-0.2, 0) is 9.53 Å². The Morgan fingerprint density at radius 3 is 2.56 bits per heavy atom. The molecule has 0 aliphatic carbocycles. The lowest BCUT2D eigenvalue weighted by Crippen LogP contribution is -2.25. The van der Waals surface area contributed by atoms with Gasteiger partial charge in [-0.3, -0.25) is 4.79 Å². The van der Waals surface area contributed by atoms with Crippen LogP contribution in [0.3, 0.4) is 0 Å². The summed E-state index contributed by atoms with van der Waals surface area (Å²) in [5.41, 5.74) is 5.54. The van der Waals surface area contributed by atoms with Crippen LogP contribution in [0, 0.1) is 20.8 Å². The highest BCUT2D eigenvalue weighted by Crippen LogP contribution is 2.35. The van der Waals surface area contributed by atoms with Gasteiger partial charge in [0.1, 0.15) is 5.82 Å². The molecule has 0 saturated carbocycles. The molecule has 2 aromatic carbocycles. The minimum atomic E-state index is 0.00372. The predicted octanol–water partition coefficient (Wildman–Crippen LogP) is 4.61. The van der Waals surface area contributed by atoms with E-state index in [4.69, 9.17) is 14.8 Å². The number of hydrogen-bond acceptors (Lipinski definition) is 4. The second-order valence-corrected chi connectivity index (χ2v) is 9.09. The van der Waals surface area contributed by atoms with Gasteiger partial charge in [-0.2, -0.15) is 5.10 Å². The molecule has 3 aromatic rings. The van der Waals surface area contributed by atoms with Crippen LogP contribution in [0.15, 0.2) is 42.5 Å². The minimum Gasteiger partial charge on any atom is -0.381 e. The molecular formula is C26H30N4O2. The number of hydrogen-bond donors (Lipinski definition) is 0. The first-order valence-corrected chi connectivity index (χ1v) is 11.5. The van der Waals surface area contributed by atoms with E-state index in [1.165, 1.54) is 11.1 Å². The Bertz CT molecular complexity index is 1150. The van der Waals surface area contributed by atoms with E-state index >= 15 is 0 Å². The number of aromatic nitrogens is 3. The fourth-order valence-corrected chi connectivity index (χ4v) is 4.82. The van der Waals surface area contributed by atoms with Crippen molar-refractivity contribution in [2.45, 2.75) is 51.9 Å². The Kier molecular flexibility index (Phi) is 5.55. The summed E-state index contributed by atoms with van der Waals surface area (Å²) in [7, 11) is 0. The van der Waals surface area contributed by atoms with E-state index in [0.717, 1.165) is 54.6 Å². The Morgan fingerprint density at radius 1 is 1.00 bits per heavy atom. The maximum absolute atomic E-state index is 13.1. The second-order valence-electron chi connectivity index (χ2n) is 9.09. The van der Waals surface area contributed by atoms with Crippen molar-refractivity contribution < 1.29 is 9.53 Å². The van der Waals surface area contributed by atoms with Crippen molar-refractivity contribution in [3.05, 3.63) is 70.8 Å². The summed E-state index contributed by atoms with van der Waals surface area (Å²) in [5.74, 6) is 2.22. The molecule has 0 spiro atoms. The van der Waals surface area contributed by atoms with Crippen molar-refractivity contribution in [1.82, 2.24) is 14.8 Å². The third kappa shape index (κ3) is 3.84. The number of amides is 1. The van der Waals surface area contributed by atoms with E-state index in [9.17, 15) is 4.79 Å². The average molecular weight is 431 g/mol. The van der Waals surface area contributed by atoms with Gasteiger partial charge < -0.3 is 9.64 Å². The monoisotopic (exact) mass is 430 g/mol. The van der Waals surface area contributed by atoms with Gasteiger partial charge in [0.15, 0.2) is 5.82 Å². The van der Waals surface area contributed by atoms with Crippen molar-refractivity contribution >= 4 is 11.6 Å². The predicted molar refractivity (Wildman–Crippen MR) is 125 cm³/mol. The van der Waals surface area contributed by atoms with Crippen LogP contribution in [0.2, 0.25) is 0 Å². The molecule has 2 aliphatic rings. The molecule has 166 valence electrons. The summed E-state index contributed by atoms with van der Waals surface area (Å²) >= 11 is 0. The summed E-state index contributed by atoms with van der Waals surface area (Å²) in [6.45, 7) is 8.39. The average Bonchev–Trinajstić information content (AvgIpc) is 3.40. The van der Waals surface area contributed by atoms with Crippen molar-refractivity contribution in [2.75, 3.05) is 24.7 Å². The van der Waals surface area contributed by atoms with Gasteiger partial charge in [0.25, 0.3) is 0 Å². The first-order chi connectivity index (χ1) is 15.5. The molecule has 5 rings (SSSR count). The number of anilines is 1.